The van der Waals surface area contributed by atoms with Crippen LogP contribution in [0.1, 0.15) is 17.4 Å². The largest absolute Gasteiger partial charge is 0.479 e. The van der Waals surface area contributed by atoms with Crippen LogP contribution in [0, 0.1) is 6.92 Å². The van der Waals surface area contributed by atoms with Crippen molar-refractivity contribution in [2.75, 3.05) is 0 Å². The molecular weight excluding hydrogens is 222 g/mol. The molecule has 0 amide bonds. The second-order valence-corrected chi connectivity index (χ2v) is 3.57. The number of para-hydroxylation sites is 1. The first-order valence-corrected chi connectivity index (χ1v) is 4.98. The Hall–Kier alpha value is -2.21. The zero-order chi connectivity index (χ0) is 12.4. The quantitative estimate of drug-likeness (QED) is 0.814. The second kappa shape index (κ2) is 4.34. The predicted octanol–water partition coefficient (Wildman–Crippen LogP) is 0.694. The number of carbonyl (C=O) groups is 1. The van der Waals surface area contributed by atoms with Gasteiger partial charge in [0, 0.05) is 5.56 Å². The SMILES string of the molecule is Cc1cnn(-c2ccccc2C(O)C(=O)O)n1. The summed E-state index contributed by atoms with van der Waals surface area (Å²) in [6.45, 7) is 1.78. The van der Waals surface area contributed by atoms with Crippen LogP contribution in [0.3, 0.4) is 0 Å². The molecule has 1 unspecified atom stereocenters. The summed E-state index contributed by atoms with van der Waals surface area (Å²) in [7, 11) is 0. The third kappa shape index (κ3) is 2.16. The minimum Gasteiger partial charge on any atom is -0.479 e. The van der Waals surface area contributed by atoms with Crippen molar-refractivity contribution in [3.05, 3.63) is 41.7 Å². The van der Waals surface area contributed by atoms with E-state index in [4.69, 9.17) is 5.11 Å². The molecule has 0 fully saturated rings. The van der Waals surface area contributed by atoms with Crippen LogP contribution in [-0.4, -0.2) is 31.2 Å². The number of aliphatic hydroxyl groups is 1. The minimum absolute atomic E-state index is 0.260. The smallest absolute Gasteiger partial charge is 0.337 e. The van der Waals surface area contributed by atoms with Gasteiger partial charge in [-0.2, -0.15) is 15.0 Å². The average Bonchev–Trinajstić information content (AvgIpc) is 2.74. The maximum Gasteiger partial charge on any atom is 0.337 e. The second-order valence-electron chi connectivity index (χ2n) is 3.57. The number of aromatic nitrogens is 3. The highest BCUT2D eigenvalue weighted by atomic mass is 16.4. The van der Waals surface area contributed by atoms with E-state index in [1.54, 1.807) is 31.3 Å². The Morgan fingerprint density at radius 2 is 2.12 bits per heavy atom. The van der Waals surface area contributed by atoms with Gasteiger partial charge in [0.05, 0.1) is 17.6 Å². The number of rotatable bonds is 3. The van der Waals surface area contributed by atoms with Crippen molar-refractivity contribution in [2.24, 2.45) is 0 Å². The molecule has 0 aliphatic heterocycles. The molecule has 0 spiro atoms. The molecule has 6 nitrogen and oxygen atoms in total. The fraction of sp³-hybridized carbons (Fsp3) is 0.182. The molecule has 2 aromatic rings. The van der Waals surface area contributed by atoms with Crippen LogP contribution in [0.5, 0.6) is 0 Å². The number of carboxylic acids is 1. The van der Waals surface area contributed by atoms with Crippen LogP contribution in [0.15, 0.2) is 30.5 Å². The van der Waals surface area contributed by atoms with Gasteiger partial charge in [-0.25, -0.2) is 4.79 Å². The van der Waals surface area contributed by atoms with Crippen molar-refractivity contribution in [3.8, 4) is 5.69 Å². The van der Waals surface area contributed by atoms with Gasteiger partial charge in [0.15, 0.2) is 6.10 Å². The third-order valence-electron chi connectivity index (χ3n) is 2.29. The first-order valence-electron chi connectivity index (χ1n) is 4.98. The van der Waals surface area contributed by atoms with Crippen LogP contribution < -0.4 is 0 Å². The molecule has 0 aliphatic carbocycles. The van der Waals surface area contributed by atoms with Crippen molar-refractivity contribution < 1.29 is 15.0 Å². The van der Waals surface area contributed by atoms with Gasteiger partial charge in [0.2, 0.25) is 0 Å². The van der Waals surface area contributed by atoms with E-state index in [2.05, 4.69) is 10.2 Å². The van der Waals surface area contributed by atoms with Gasteiger partial charge in [-0.05, 0) is 13.0 Å². The van der Waals surface area contributed by atoms with Gasteiger partial charge in [-0.3, -0.25) is 0 Å². The summed E-state index contributed by atoms with van der Waals surface area (Å²) in [5.41, 5.74) is 1.43. The molecule has 17 heavy (non-hydrogen) atoms. The zero-order valence-corrected chi connectivity index (χ0v) is 9.11. The molecule has 0 radical (unpaired) electrons. The highest BCUT2D eigenvalue weighted by Gasteiger charge is 2.20. The number of benzene rings is 1. The minimum atomic E-state index is -1.59. The van der Waals surface area contributed by atoms with Gasteiger partial charge in [-0.1, -0.05) is 18.2 Å². The molecule has 88 valence electrons. The number of carboxylic acid groups (broad SMARTS) is 1. The molecule has 0 aliphatic rings. The Kier molecular flexibility index (Phi) is 2.88. The fourth-order valence-corrected chi connectivity index (χ4v) is 1.49. The lowest BCUT2D eigenvalue weighted by atomic mass is 10.1. The topological polar surface area (TPSA) is 88.2 Å². The number of nitrogens with zero attached hydrogens (tertiary/aromatic N) is 3. The highest BCUT2D eigenvalue weighted by molar-refractivity contribution is 5.75. The highest BCUT2D eigenvalue weighted by Crippen LogP contribution is 2.20. The number of aliphatic hydroxyl groups excluding tert-OH is 1. The molecule has 0 saturated carbocycles. The molecule has 1 heterocycles. The molecule has 1 aromatic carbocycles. The Balaban J connectivity index is 2.51. The van der Waals surface area contributed by atoms with E-state index in [-0.39, 0.29) is 5.56 Å². The molecule has 1 aromatic heterocycles. The van der Waals surface area contributed by atoms with Crippen molar-refractivity contribution >= 4 is 5.97 Å². The monoisotopic (exact) mass is 233 g/mol. The van der Waals surface area contributed by atoms with E-state index < -0.39 is 12.1 Å². The summed E-state index contributed by atoms with van der Waals surface area (Å²) in [6, 6.07) is 6.57. The molecule has 6 heteroatoms. The molecule has 2 N–H and O–H groups in total. The Labute approximate surface area is 97.1 Å². The number of aliphatic carboxylic acids is 1. The maximum absolute atomic E-state index is 10.8. The lowest BCUT2D eigenvalue weighted by Gasteiger charge is -2.10. The van der Waals surface area contributed by atoms with E-state index >= 15 is 0 Å². The van der Waals surface area contributed by atoms with Crippen LogP contribution in [0.2, 0.25) is 0 Å². The standard InChI is InChI=1S/C11H11N3O3/c1-7-6-12-14(13-7)9-5-3-2-4-8(9)10(15)11(16)17/h2-6,10,15H,1H3,(H,16,17). The van der Waals surface area contributed by atoms with Gasteiger partial charge in [0.1, 0.15) is 0 Å². The average molecular weight is 233 g/mol. The summed E-state index contributed by atoms with van der Waals surface area (Å²) < 4.78 is 0. The van der Waals surface area contributed by atoms with E-state index in [0.29, 0.717) is 11.4 Å². The summed E-state index contributed by atoms with van der Waals surface area (Å²) in [5.74, 6) is -1.30. The van der Waals surface area contributed by atoms with E-state index in [0.717, 1.165) is 0 Å². The predicted molar refractivity (Wildman–Crippen MR) is 58.7 cm³/mol. The van der Waals surface area contributed by atoms with Crippen LogP contribution in [0.4, 0.5) is 0 Å². The normalized spacial score (nSPS) is 12.4. The summed E-state index contributed by atoms with van der Waals surface area (Å²) in [4.78, 5) is 12.1. The van der Waals surface area contributed by atoms with Crippen molar-refractivity contribution in [1.82, 2.24) is 15.0 Å². The number of aryl methyl sites for hydroxylation is 1. The first kappa shape index (κ1) is 11.3. The third-order valence-corrected chi connectivity index (χ3v) is 2.29. The summed E-state index contributed by atoms with van der Waals surface area (Å²) >= 11 is 0. The van der Waals surface area contributed by atoms with Gasteiger partial charge < -0.3 is 10.2 Å². The van der Waals surface area contributed by atoms with Crippen LogP contribution >= 0.6 is 0 Å². The Bertz CT molecular complexity index is 550. The molecule has 1 atom stereocenters. The van der Waals surface area contributed by atoms with Gasteiger partial charge in [0.25, 0.3) is 0 Å². The Morgan fingerprint density at radius 1 is 1.41 bits per heavy atom. The van der Waals surface area contributed by atoms with Gasteiger partial charge >= 0.3 is 5.97 Å². The van der Waals surface area contributed by atoms with Crippen molar-refractivity contribution in [3.63, 3.8) is 0 Å². The van der Waals surface area contributed by atoms with Crippen molar-refractivity contribution in [2.45, 2.75) is 13.0 Å². The Morgan fingerprint density at radius 3 is 2.71 bits per heavy atom. The molecular formula is C11H11N3O3. The number of hydrogen-bond acceptors (Lipinski definition) is 4. The molecule has 0 saturated heterocycles. The van der Waals surface area contributed by atoms with E-state index in [1.165, 1.54) is 10.9 Å². The van der Waals surface area contributed by atoms with Gasteiger partial charge in [-0.15, -0.1) is 0 Å². The fourth-order valence-electron chi connectivity index (χ4n) is 1.49. The number of hydrogen-bond donors (Lipinski definition) is 2. The first-order chi connectivity index (χ1) is 8.09. The van der Waals surface area contributed by atoms with E-state index in [1.807, 2.05) is 0 Å². The zero-order valence-electron chi connectivity index (χ0n) is 9.11. The lowest BCUT2D eigenvalue weighted by Crippen LogP contribution is -2.14. The molecule has 0 bridgehead atoms. The van der Waals surface area contributed by atoms with Crippen LogP contribution in [0.25, 0.3) is 5.69 Å². The van der Waals surface area contributed by atoms with Crippen LogP contribution in [-0.2, 0) is 4.79 Å². The van der Waals surface area contributed by atoms with Crippen molar-refractivity contribution in [1.29, 1.82) is 0 Å². The summed E-state index contributed by atoms with van der Waals surface area (Å²) in [6.07, 6.45) is -0.0262. The molecule has 2 rings (SSSR count). The summed E-state index contributed by atoms with van der Waals surface area (Å²) in [5, 5.41) is 26.5. The maximum atomic E-state index is 10.8. The van der Waals surface area contributed by atoms with E-state index in [9.17, 15) is 9.90 Å². The lowest BCUT2D eigenvalue weighted by molar-refractivity contribution is -0.146.